The standard InChI is InChI=1S/C8H11N5O2/c1-2-15-5-12-3-4-13-7(12)10-6(9)11-8(13)14/h3-4H,2,5H2,1H3,(H2,9,11,14). The summed E-state index contributed by atoms with van der Waals surface area (Å²) in [5, 5.41) is 0. The minimum Gasteiger partial charge on any atom is -0.368 e. The molecule has 0 fully saturated rings. The maximum absolute atomic E-state index is 11.4. The molecule has 7 nitrogen and oxygen atoms in total. The van der Waals surface area contributed by atoms with E-state index in [2.05, 4.69) is 9.97 Å². The van der Waals surface area contributed by atoms with Crippen molar-refractivity contribution in [3.05, 3.63) is 22.9 Å². The number of hydrogen-bond donors (Lipinski definition) is 1. The average molecular weight is 209 g/mol. The van der Waals surface area contributed by atoms with Crippen LogP contribution in [0.25, 0.3) is 5.78 Å². The molecule has 0 bridgehead atoms. The second-order valence-electron chi connectivity index (χ2n) is 2.92. The van der Waals surface area contributed by atoms with Crippen molar-refractivity contribution in [1.82, 2.24) is 18.9 Å². The lowest BCUT2D eigenvalue weighted by atomic mass is 10.8. The number of aromatic nitrogens is 4. The van der Waals surface area contributed by atoms with Gasteiger partial charge in [-0.15, -0.1) is 0 Å². The van der Waals surface area contributed by atoms with E-state index in [-0.39, 0.29) is 5.95 Å². The Hall–Kier alpha value is -1.89. The zero-order chi connectivity index (χ0) is 10.8. The van der Waals surface area contributed by atoms with E-state index in [9.17, 15) is 4.79 Å². The molecular weight excluding hydrogens is 198 g/mol. The summed E-state index contributed by atoms with van der Waals surface area (Å²) in [6.45, 7) is 2.82. The fraction of sp³-hybridized carbons (Fsp3) is 0.375. The molecule has 0 aliphatic heterocycles. The van der Waals surface area contributed by atoms with Crippen LogP contribution in [0.2, 0.25) is 0 Å². The molecule has 7 heteroatoms. The second-order valence-corrected chi connectivity index (χ2v) is 2.92. The lowest BCUT2D eigenvalue weighted by molar-refractivity contribution is 0.0902. The Bertz CT molecular complexity index is 529. The minimum atomic E-state index is -0.437. The molecule has 0 aliphatic carbocycles. The van der Waals surface area contributed by atoms with Crippen LogP contribution in [0.3, 0.4) is 0 Å². The van der Waals surface area contributed by atoms with Crippen LogP contribution in [0.4, 0.5) is 5.95 Å². The number of fused-ring (bicyclic) bond motifs is 1. The van der Waals surface area contributed by atoms with Gasteiger partial charge in [0, 0.05) is 19.0 Å². The topological polar surface area (TPSA) is 87.4 Å². The van der Waals surface area contributed by atoms with E-state index in [1.165, 1.54) is 4.40 Å². The number of nitrogens with two attached hydrogens (primary N) is 1. The van der Waals surface area contributed by atoms with Crippen molar-refractivity contribution in [3.63, 3.8) is 0 Å². The summed E-state index contributed by atoms with van der Waals surface area (Å²) in [6, 6.07) is 0. The fourth-order valence-corrected chi connectivity index (χ4v) is 1.26. The van der Waals surface area contributed by atoms with E-state index < -0.39 is 5.69 Å². The molecule has 2 rings (SSSR count). The van der Waals surface area contributed by atoms with Gasteiger partial charge in [-0.1, -0.05) is 0 Å². The van der Waals surface area contributed by atoms with Gasteiger partial charge in [-0.2, -0.15) is 9.97 Å². The van der Waals surface area contributed by atoms with E-state index in [4.69, 9.17) is 10.5 Å². The highest BCUT2D eigenvalue weighted by Gasteiger charge is 2.05. The third kappa shape index (κ3) is 1.68. The van der Waals surface area contributed by atoms with Crippen molar-refractivity contribution in [3.8, 4) is 0 Å². The summed E-state index contributed by atoms with van der Waals surface area (Å²) in [7, 11) is 0. The average Bonchev–Trinajstić information content (AvgIpc) is 2.58. The first-order chi connectivity index (χ1) is 7.22. The van der Waals surface area contributed by atoms with E-state index >= 15 is 0 Å². The van der Waals surface area contributed by atoms with E-state index in [1.807, 2.05) is 6.92 Å². The molecule has 0 radical (unpaired) electrons. The van der Waals surface area contributed by atoms with Crippen LogP contribution < -0.4 is 11.4 Å². The molecule has 0 aliphatic rings. The second kappa shape index (κ2) is 3.70. The zero-order valence-corrected chi connectivity index (χ0v) is 8.25. The van der Waals surface area contributed by atoms with Crippen LogP contribution in [0.5, 0.6) is 0 Å². The summed E-state index contributed by atoms with van der Waals surface area (Å²) < 4.78 is 8.21. The van der Waals surface area contributed by atoms with Gasteiger partial charge in [-0.25, -0.2) is 9.20 Å². The predicted octanol–water partition coefficient (Wildman–Crippen LogP) is -0.533. The molecule has 0 spiro atoms. The molecule has 0 atom stereocenters. The molecule has 2 N–H and O–H groups in total. The summed E-state index contributed by atoms with van der Waals surface area (Å²) in [5.74, 6) is 0.400. The maximum atomic E-state index is 11.4. The lowest BCUT2D eigenvalue weighted by Gasteiger charge is -2.03. The van der Waals surface area contributed by atoms with Crippen LogP contribution in [0, 0.1) is 0 Å². The number of rotatable bonds is 3. The fourth-order valence-electron chi connectivity index (χ4n) is 1.26. The van der Waals surface area contributed by atoms with Gasteiger partial charge < -0.3 is 10.5 Å². The van der Waals surface area contributed by atoms with Crippen LogP contribution in [-0.2, 0) is 11.5 Å². The number of imidazole rings is 1. The number of anilines is 1. The first-order valence-corrected chi connectivity index (χ1v) is 4.51. The number of nitrogens with zero attached hydrogens (tertiary/aromatic N) is 4. The summed E-state index contributed by atoms with van der Waals surface area (Å²) in [6.07, 6.45) is 3.27. The minimum absolute atomic E-state index is 0.0311. The molecule has 15 heavy (non-hydrogen) atoms. The first kappa shape index (κ1) is 9.66. The van der Waals surface area contributed by atoms with Crippen LogP contribution in [0.15, 0.2) is 17.2 Å². The van der Waals surface area contributed by atoms with E-state index in [1.54, 1.807) is 17.0 Å². The van der Waals surface area contributed by atoms with Gasteiger partial charge in [0.15, 0.2) is 0 Å². The van der Waals surface area contributed by atoms with Gasteiger partial charge in [0.05, 0.1) is 0 Å². The number of ether oxygens (including phenoxy) is 1. The van der Waals surface area contributed by atoms with Crippen molar-refractivity contribution in [2.75, 3.05) is 12.3 Å². The zero-order valence-electron chi connectivity index (χ0n) is 8.25. The third-order valence-corrected chi connectivity index (χ3v) is 1.93. The van der Waals surface area contributed by atoms with Gasteiger partial charge in [0.1, 0.15) is 6.73 Å². The molecule has 2 aromatic rings. The molecule has 2 heterocycles. The Kier molecular flexibility index (Phi) is 2.38. The first-order valence-electron chi connectivity index (χ1n) is 4.51. The van der Waals surface area contributed by atoms with Gasteiger partial charge in [0.2, 0.25) is 11.7 Å². The predicted molar refractivity (Wildman–Crippen MR) is 53.3 cm³/mol. The highest BCUT2D eigenvalue weighted by molar-refractivity contribution is 5.33. The van der Waals surface area contributed by atoms with Gasteiger partial charge in [-0.3, -0.25) is 4.57 Å². The smallest absolute Gasteiger partial charge is 0.357 e. The summed E-state index contributed by atoms with van der Waals surface area (Å²) >= 11 is 0. The van der Waals surface area contributed by atoms with Crippen LogP contribution >= 0.6 is 0 Å². The molecule has 0 saturated carbocycles. The SMILES string of the molecule is CCOCn1ccn2c(=O)nc(N)nc12. The Morgan fingerprint density at radius 2 is 2.27 bits per heavy atom. The largest absolute Gasteiger partial charge is 0.368 e. The van der Waals surface area contributed by atoms with Crippen LogP contribution in [-0.4, -0.2) is 25.5 Å². The Morgan fingerprint density at radius 1 is 1.47 bits per heavy atom. The van der Waals surface area contributed by atoms with Crippen molar-refractivity contribution in [2.24, 2.45) is 0 Å². The van der Waals surface area contributed by atoms with Gasteiger partial charge in [-0.05, 0) is 6.92 Å². The third-order valence-electron chi connectivity index (χ3n) is 1.93. The molecule has 0 unspecified atom stereocenters. The van der Waals surface area contributed by atoms with Crippen molar-refractivity contribution in [2.45, 2.75) is 13.7 Å². The van der Waals surface area contributed by atoms with Crippen molar-refractivity contribution >= 4 is 11.7 Å². The molecule has 0 aromatic carbocycles. The molecule has 80 valence electrons. The molecule has 2 aromatic heterocycles. The van der Waals surface area contributed by atoms with Gasteiger partial charge >= 0.3 is 5.69 Å². The molecule has 0 saturated heterocycles. The Balaban J connectivity index is 2.53. The van der Waals surface area contributed by atoms with E-state index in [0.29, 0.717) is 19.1 Å². The monoisotopic (exact) mass is 209 g/mol. The number of hydrogen-bond acceptors (Lipinski definition) is 5. The van der Waals surface area contributed by atoms with Crippen molar-refractivity contribution in [1.29, 1.82) is 0 Å². The summed E-state index contributed by atoms with van der Waals surface area (Å²) in [4.78, 5) is 18.8. The highest BCUT2D eigenvalue weighted by Crippen LogP contribution is 2.00. The Labute approximate surface area is 85.1 Å². The highest BCUT2D eigenvalue weighted by atomic mass is 16.5. The van der Waals surface area contributed by atoms with Crippen molar-refractivity contribution < 1.29 is 4.74 Å². The maximum Gasteiger partial charge on any atom is 0.357 e. The normalized spacial score (nSPS) is 11.0. The molecule has 0 amide bonds. The summed E-state index contributed by atoms with van der Waals surface area (Å²) in [5.41, 5.74) is 4.95. The van der Waals surface area contributed by atoms with E-state index in [0.717, 1.165) is 0 Å². The Morgan fingerprint density at radius 3 is 3.00 bits per heavy atom. The quantitative estimate of drug-likeness (QED) is 0.734. The lowest BCUT2D eigenvalue weighted by Crippen LogP contribution is -2.20. The molecular formula is C8H11N5O2. The number of nitrogen functional groups attached to an aromatic ring is 1. The van der Waals surface area contributed by atoms with Crippen LogP contribution in [0.1, 0.15) is 6.92 Å². The van der Waals surface area contributed by atoms with Gasteiger partial charge in [0.25, 0.3) is 0 Å².